The van der Waals surface area contributed by atoms with Gasteiger partial charge in [-0.3, -0.25) is 0 Å². The topological polar surface area (TPSA) is 71.9 Å². The molecule has 0 spiro atoms. The second-order valence-electron chi connectivity index (χ2n) is 4.27. The molecule has 1 saturated carbocycles. The molecule has 0 bridgehead atoms. The molecule has 0 radical (unpaired) electrons. The number of ether oxygens (including phenoxy) is 1. The molecule has 1 aliphatic rings. The number of hydrogen-bond acceptors (Lipinski definition) is 5. The van der Waals surface area contributed by atoms with Gasteiger partial charge in [0.05, 0.1) is 25.0 Å². The molecular weight excluding hydrogens is 230 g/mol. The highest BCUT2D eigenvalue weighted by molar-refractivity contribution is 5.56. The fourth-order valence-corrected chi connectivity index (χ4v) is 1.88. The molecule has 0 saturated heterocycles. The van der Waals surface area contributed by atoms with Crippen molar-refractivity contribution in [3.05, 3.63) is 30.2 Å². The van der Waals surface area contributed by atoms with E-state index in [9.17, 15) is 0 Å². The van der Waals surface area contributed by atoms with Crippen LogP contribution < -0.4 is 4.74 Å². The number of nitrogens with zero attached hydrogens (tertiary/aromatic N) is 3. The molecule has 1 aromatic heterocycles. The molecule has 1 aromatic carbocycles. The lowest BCUT2D eigenvalue weighted by Gasteiger charge is -1.99. The Balaban J connectivity index is 1.87. The van der Waals surface area contributed by atoms with Crippen molar-refractivity contribution in [3.63, 3.8) is 0 Å². The SMILES string of the molecule is COc1cccc(-c2noc(C3CC3C#N)n2)c1. The highest BCUT2D eigenvalue weighted by Gasteiger charge is 2.43. The molecule has 1 fully saturated rings. The summed E-state index contributed by atoms with van der Waals surface area (Å²) in [5.74, 6) is 1.98. The predicted molar refractivity (Wildman–Crippen MR) is 62.7 cm³/mol. The summed E-state index contributed by atoms with van der Waals surface area (Å²) in [5, 5.41) is 12.7. The molecule has 90 valence electrons. The fraction of sp³-hybridized carbons (Fsp3) is 0.308. The minimum Gasteiger partial charge on any atom is -0.497 e. The van der Waals surface area contributed by atoms with E-state index >= 15 is 0 Å². The van der Waals surface area contributed by atoms with Gasteiger partial charge in [0.15, 0.2) is 0 Å². The fourth-order valence-electron chi connectivity index (χ4n) is 1.88. The molecule has 2 unspecified atom stereocenters. The zero-order valence-electron chi connectivity index (χ0n) is 9.83. The number of methoxy groups -OCH3 is 1. The van der Waals surface area contributed by atoms with Gasteiger partial charge in [0.25, 0.3) is 0 Å². The summed E-state index contributed by atoms with van der Waals surface area (Å²) in [5.41, 5.74) is 0.846. The first-order valence-electron chi connectivity index (χ1n) is 5.69. The molecule has 1 heterocycles. The number of aromatic nitrogens is 2. The second kappa shape index (κ2) is 4.15. The van der Waals surface area contributed by atoms with Crippen LogP contribution in [-0.2, 0) is 0 Å². The van der Waals surface area contributed by atoms with Crippen molar-refractivity contribution in [3.8, 4) is 23.2 Å². The van der Waals surface area contributed by atoms with Crippen LogP contribution in [0.25, 0.3) is 11.4 Å². The molecule has 1 aliphatic carbocycles. The molecule has 3 rings (SSSR count). The minimum atomic E-state index is 0.0311. The van der Waals surface area contributed by atoms with Gasteiger partial charge >= 0.3 is 0 Å². The van der Waals surface area contributed by atoms with E-state index in [-0.39, 0.29) is 11.8 Å². The van der Waals surface area contributed by atoms with E-state index in [0.717, 1.165) is 17.7 Å². The van der Waals surface area contributed by atoms with Gasteiger partial charge in [0.1, 0.15) is 5.75 Å². The van der Waals surface area contributed by atoms with Crippen LogP contribution in [0.5, 0.6) is 5.75 Å². The molecule has 0 N–H and O–H groups in total. The van der Waals surface area contributed by atoms with Crippen LogP contribution in [0.15, 0.2) is 28.8 Å². The average molecular weight is 241 g/mol. The third kappa shape index (κ3) is 1.82. The van der Waals surface area contributed by atoms with Crippen molar-refractivity contribution in [2.45, 2.75) is 12.3 Å². The molecule has 2 aromatic rings. The molecule has 18 heavy (non-hydrogen) atoms. The third-order valence-electron chi connectivity index (χ3n) is 3.04. The summed E-state index contributed by atoms with van der Waals surface area (Å²) in [6, 6.07) is 9.68. The lowest BCUT2D eigenvalue weighted by Crippen LogP contribution is -1.86. The van der Waals surface area contributed by atoms with Crippen LogP contribution in [0.4, 0.5) is 0 Å². The van der Waals surface area contributed by atoms with Crippen molar-refractivity contribution in [2.24, 2.45) is 5.92 Å². The van der Waals surface area contributed by atoms with Crippen LogP contribution >= 0.6 is 0 Å². The van der Waals surface area contributed by atoms with Gasteiger partial charge in [-0.2, -0.15) is 10.2 Å². The van der Waals surface area contributed by atoms with E-state index in [0.29, 0.717) is 11.7 Å². The van der Waals surface area contributed by atoms with Gasteiger partial charge in [0, 0.05) is 5.56 Å². The highest BCUT2D eigenvalue weighted by Crippen LogP contribution is 2.46. The quantitative estimate of drug-likeness (QED) is 0.824. The number of hydrogen-bond donors (Lipinski definition) is 0. The Kier molecular flexibility index (Phi) is 2.49. The van der Waals surface area contributed by atoms with Gasteiger partial charge < -0.3 is 9.26 Å². The third-order valence-corrected chi connectivity index (χ3v) is 3.04. The maximum absolute atomic E-state index is 8.77. The standard InChI is InChI=1S/C13H11N3O2/c1-17-10-4-2-3-8(5-10)12-15-13(18-16-12)11-6-9(11)7-14/h2-5,9,11H,6H2,1H3. The predicted octanol–water partition coefficient (Wildman–Crippen LogP) is 2.37. The van der Waals surface area contributed by atoms with Crippen molar-refractivity contribution >= 4 is 0 Å². The first-order valence-corrected chi connectivity index (χ1v) is 5.69. The van der Waals surface area contributed by atoms with Crippen LogP contribution in [0.1, 0.15) is 18.2 Å². The van der Waals surface area contributed by atoms with Crippen molar-refractivity contribution in [1.82, 2.24) is 10.1 Å². The maximum Gasteiger partial charge on any atom is 0.231 e. The van der Waals surface area contributed by atoms with E-state index < -0.39 is 0 Å². The largest absolute Gasteiger partial charge is 0.497 e. The highest BCUT2D eigenvalue weighted by atomic mass is 16.5. The van der Waals surface area contributed by atoms with E-state index in [2.05, 4.69) is 16.2 Å². The number of nitriles is 1. The Morgan fingerprint density at radius 3 is 3.11 bits per heavy atom. The van der Waals surface area contributed by atoms with Crippen LogP contribution in [0.2, 0.25) is 0 Å². The Hall–Kier alpha value is -2.35. The van der Waals surface area contributed by atoms with Crippen molar-refractivity contribution in [1.29, 1.82) is 5.26 Å². The first kappa shape index (κ1) is 10.8. The van der Waals surface area contributed by atoms with E-state index in [4.69, 9.17) is 14.5 Å². The smallest absolute Gasteiger partial charge is 0.231 e. The minimum absolute atomic E-state index is 0.0311. The Labute approximate surface area is 104 Å². The molecule has 0 aliphatic heterocycles. The molecule has 5 heteroatoms. The van der Waals surface area contributed by atoms with E-state index in [1.807, 2.05) is 24.3 Å². The second-order valence-corrected chi connectivity index (χ2v) is 4.27. The molecule has 5 nitrogen and oxygen atoms in total. The molecule has 0 amide bonds. The Bertz CT molecular complexity index is 615. The normalized spacial score (nSPS) is 21.3. The Morgan fingerprint density at radius 2 is 2.39 bits per heavy atom. The van der Waals surface area contributed by atoms with Gasteiger partial charge in [-0.25, -0.2) is 0 Å². The van der Waals surface area contributed by atoms with Gasteiger partial charge in [-0.1, -0.05) is 17.3 Å². The summed E-state index contributed by atoms with van der Waals surface area (Å²) in [4.78, 5) is 4.33. The van der Waals surface area contributed by atoms with Crippen LogP contribution in [0, 0.1) is 17.2 Å². The van der Waals surface area contributed by atoms with Gasteiger partial charge in [-0.05, 0) is 18.6 Å². The van der Waals surface area contributed by atoms with Crippen molar-refractivity contribution < 1.29 is 9.26 Å². The zero-order chi connectivity index (χ0) is 12.5. The van der Waals surface area contributed by atoms with Crippen LogP contribution in [0.3, 0.4) is 0 Å². The monoisotopic (exact) mass is 241 g/mol. The van der Waals surface area contributed by atoms with Gasteiger partial charge in [-0.15, -0.1) is 0 Å². The lowest BCUT2D eigenvalue weighted by molar-refractivity contribution is 0.378. The summed E-state index contributed by atoms with van der Waals surface area (Å²) >= 11 is 0. The Morgan fingerprint density at radius 1 is 1.50 bits per heavy atom. The maximum atomic E-state index is 8.77. The number of rotatable bonds is 3. The summed E-state index contributed by atoms with van der Waals surface area (Å²) in [6.45, 7) is 0. The zero-order valence-corrected chi connectivity index (χ0v) is 9.83. The summed E-state index contributed by atoms with van der Waals surface area (Å²) in [7, 11) is 1.61. The lowest BCUT2D eigenvalue weighted by atomic mass is 10.2. The average Bonchev–Trinajstić information content (AvgIpc) is 3.06. The van der Waals surface area contributed by atoms with E-state index in [1.54, 1.807) is 7.11 Å². The van der Waals surface area contributed by atoms with E-state index in [1.165, 1.54) is 0 Å². The molecule has 2 atom stereocenters. The summed E-state index contributed by atoms with van der Waals surface area (Å²) < 4.78 is 10.3. The van der Waals surface area contributed by atoms with Crippen molar-refractivity contribution in [2.75, 3.05) is 7.11 Å². The van der Waals surface area contributed by atoms with Gasteiger partial charge in [0.2, 0.25) is 11.7 Å². The van der Waals surface area contributed by atoms with Crippen LogP contribution in [-0.4, -0.2) is 17.3 Å². The number of benzene rings is 1. The first-order chi connectivity index (χ1) is 8.81. The molecular formula is C13H11N3O2. The summed E-state index contributed by atoms with van der Waals surface area (Å²) in [6.07, 6.45) is 0.816.